The van der Waals surface area contributed by atoms with Crippen LogP contribution in [0.2, 0.25) is 0 Å². The van der Waals surface area contributed by atoms with Gasteiger partial charge in [-0.15, -0.1) is 0 Å². The number of fused-ring (bicyclic) bond motifs is 2. The van der Waals surface area contributed by atoms with Crippen LogP contribution in [0.1, 0.15) is 67.0 Å². The number of amides is 1. The van der Waals surface area contributed by atoms with E-state index in [1.807, 2.05) is 18.2 Å². The monoisotopic (exact) mass is 506 g/mol. The van der Waals surface area contributed by atoms with E-state index in [0.29, 0.717) is 13.2 Å². The lowest BCUT2D eigenvalue weighted by molar-refractivity contribution is -0.138. The van der Waals surface area contributed by atoms with Gasteiger partial charge >= 0.3 is 5.97 Å². The highest BCUT2D eigenvalue weighted by molar-refractivity contribution is 5.80. The molecule has 2 aromatic rings. The second-order valence-electron chi connectivity index (χ2n) is 10.5. The molecule has 198 valence electrons. The lowest BCUT2D eigenvalue weighted by Gasteiger charge is -2.33. The molecule has 3 aliphatic rings. The number of nitrogens with zero attached hydrogens (tertiary/aromatic N) is 2. The van der Waals surface area contributed by atoms with Crippen molar-refractivity contribution in [1.82, 2.24) is 15.2 Å². The maximum absolute atomic E-state index is 13.3. The highest BCUT2D eigenvalue weighted by atomic mass is 16.5. The van der Waals surface area contributed by atoms with Crippen molar-refractivity contribution in [2.24, 2.45) is 5.92 Å². The molecule has 4 heterocycles. The van der Waals surface area contributed by atoms with E-state index in [9.17, 15) is 14.7 Å². The SMILES string of the molecule is O=C(O)CC(NC(=O)[C@@H]1CCCN(CCCc2ccc3c(n2)NCCC3)C1)c1cccc2c1CCCO2. The number of aliphatic carboxylic acids is 1. The molecule has 1 saturated heterocycles. The van der Waals surface area contributed by atoms with Crippen LogP contribution in [0.5, 0.6) is 5.75 Å². The molecule has 8 nitrogen and oxygen atoms in total. The van der Waals surface area contributed by atoms with Crippen molar-refractivity contribution in [1.29, 1.82) is 0 Å². The first-order chi connectivity index (χ1) is 18.1. The van der Waals surface area contributed by atoms with Crippen molar-refractivity contribution in [2.45, 2.75) is 63.8 Å². The van der Waals surface area contributed by atoms with Crippen LogP contribution < -0.4 is 15.4 Å². The summed E-state index contributed by atoms with van der Waals surface area (Å²) in [5.74, 6) is 0.748. The van der Waals surface area contributed by atoms with Crippen molar-refractivity contribution in [2.75, 3.05) is 38.1 Å². The number of piperidine rings is 1. The van der Waals surface area contributed by atoms with Gasteiger partial charge in [0.25, 0.3) is 0 Å². The summed E-state index contributed by atoms with van der Waals surface area (Å²) in [6.07, 6.45) is 7.57. The van der Waals surface area contributed by atoms with Gasteiger partial charge < -0.3 is 25.4 Å². The highest BCUT2D eigenvalue weighted by Gasteiger charge is 2.30. The summed E-state index contributed by atoms with van der Waals surface area (Å²) in [4.78, 5) is 32.2. The second kappa shape index (κ2) is 11.9. The number of anilines is 1. The van der Waals surface area contributed by atoms with Gasteiger partial charge in [0.2, 0.25) is 5.91 Å². The topological polar surface area (TPSA) is 104 Å². The van der Waals surface area contributed by atoms with E-state index in [1.165, 1.54) is 5.56 Å². The Bertz CT molecular complexity index is 1120. The third-order valence-corrected chi connectivity index (χ3v) is 7.80. The fourth-order valence-corrected chi connectivity index (χ4v) is 5.91. The fraction of sp³-hybridized carbons (Fsp3) is 0.552. The van der Waals surface area contributed by atoms with Crippen LogP contribution in [0.3, 0.4) is 0 Å². The van der Waals surface area contributed by atoms with E-state index in [-0.39, 0.29) is 18.2 Å². The smallest absolute Gasteiger partial charge is 0.305 e. The van der Waals surface area contributed by atoms with E-state index in [0.717, 1.165) is 99.4 Å². The summed E-state index contributed by atoms with van der Waals surface area (Å²) < 4.78 is 5.78. The predicted octanol–water partition coefficient (Wildman–Crippen LogP) is 3.74. The second-order valence-corrected chi connectivity index (χ2v) is 10.5. The van der Waals surface area contributed by atoms with Crippen molar-refractivity contribution < 1.29 is 19.4 Å². The molecule has 0 bridgehead atoms. The Morgan fingerprint density at radius 3 is 3.00 bits per heavy atom. The average molecular weight is 507 g/mol. The molecule has 1 unspecified atom stereocenters. The minimum atomic E-state index is -0.920. The molecule has 2 atom stereocenters. The Morgan fingerprint density at radius 2 is 2.11 bits per heavy atom. The molecule has 1 fully saturated rings. The maximum atomic E-state index is 13.3. The summed E-state index contributed by atoms with van der Waals surface area (Å²) >= 11 is 0. The quantitative estimate of drug-likeness (QED) is 0.476. The molecule has 0 aliphatic carbocycles. The maximum Gasteiger partial charge on any atom is 0.305 e. The molecule has 1 amide bonds. The first-order valence-electron chi connectivity index (χ1n) is 13.8. The van der Waals surface area contributed by atoms with Crippen LogP contribution in [0.15, 0.2) is 30.3 Å². The Balaban J connectivity index is 1.17. The first-order valence-corrected chi connectivity index (χ1v) is 13.8. The van der Waals surface area contributed by atoms with Crippen molar-refractivity contribution in [3.05, 3.63) is 52.7 Å². The zero-order valence-electron chi connectivity index (χ0n) is 21.5. The van der Waals surface area contributed by atoms with Gasteiger partial charge in [0.15, 0.2) is 0 Å². The Morgan fingerprint density at radius 1 is 1.19 bits per heavy atom. The molecular formula is C29H38N4O4. The summed E-state index contributed by atoms with van der Waals surface area (Å²) in [6.45, 7) is 4.29. The zero-order valence-corrected chi connectivity index (χ0v) is 21.5. The molecule has 0 radical (unpaired) electrons. The number of carboxylic acid groups (broad SMARTS) is 1. The number of pyridine rings is 1. The number of benzene rings is 1. The Hall–Kier alpha value is -3.13. The standard InChI is InChI=1S/C29H38N4O4/c34-27(35)18-25(23-9-1-11-26-24(23)10-5-17-37-26)32-29(36)21-7-3-15-33(19-21)16-4-8-22-13-12-20-6-2-14-30-28(20)31-22/h1,9,11-13,21,25H,2-8,10,14-19H2,(H,30,31)(H,32,36)(H,34,35)/t21-,25?/m1/s1. The number of aryl methyl sites for hydroxylation is 2. The highest BCUT2D eigenvalue weighted by Crippen LogP contribution is 2.33. The molecule has 1 aromatic heterocycles. The molecule has 5 rings (SSSR count). The summed E-state index contributed by atoms with van der Waals surface area (Å²) in [5, 5.41) is 16.1. The number of ether oxygens (including phenoxy) is 1. The van der Waals surface area contributed by atoms with Gasteiger partial charge in [0, 0.05) is 18.8 Å². The minimum absolute atomic E-state index is 0.0484. The molecule has 0 saturated carbocycles. The molecular weight excluding hydrogens is 468 g/mol. The van der Waals surface area contributed by atoms with Gasteiger partial charge in [-0.05, 0) is 93.3 Å². The minimum Gasteiger partial charge on any atom is -0.493 e. The van der Waals surface area contributed by atoms with Crippen molar-refractivity contribution in [3.8, 4) is 5.75 Å². The summed E-state index contributed by atoms with van der Waals surface area (Å²) in [6, 6.07) is 9.53. The van der Waals surface area contributed by atoms with Gasteiger partial charge in [-0.2, -0.15) is 0 Å². The normalized spacial score (nSPS) is 20.1. The summed E-state index contributed by atoms with van der Waals surface area (Å²) in [5.41, 5.74) is 4.32. The van der Waals surface area contributed by atoms with Crippen LogP contribution in [0, 0.1) is 5.92 Å². The molecule has 1 aromatic carbocycles. The van der Waals surface area contributed by atoms with Crippen molar-refractivity contribution >= 4 is 17.7 Å². The van der Waals surface area contributed by atoms with Crippen LogP contribution in [0.25, 0.3) is 0 Å². The van der Waals surface area contributed by atoms with Gasteiger partial charge in [0.05, 0.1) is 25.0 Å². The zero-order chi connectivity index (χ0) is 25.6. The van der Waals surface area contributed by atoms with Gasteiger partial charge in [0.1, 0.15) is 11.6 Å². The van der Waals surface area contributed by atoms with Crippen LogP contribution in [0.4, 0.5) is 5.82 Å². The molecule has 8 heteroatoms. The Kier molecular flexibility index (Phi) is 8.24. The number of carbonyl (C=O) groups is 2. The predicted molar refractivity (Wildman–Crippen MR) is 142 cm³/mol. The number of nitrogens with one attached hydrogen (secondary N) is 2. The van der Waals surface area contributed by atoms with Crippen LogP contribution in [-0.4, -0.2) is 59.7 Å². The number of rotatable bonds is 9. The van der Waals surface area contributed by atoms with E-state index < -0.39 is 12.0 Å². The number of hydrogen-bond acceptors (Lipinski definition) is 6. The third-order valence-electron chi connectivity index (χ3n) is 7.80. The van der Waals surface area contributed by atoms with Gasteiger partial charge in [-0.3, -0.25) is 9.59 Å². The van der Waals surface area contributed by atoms with E-state index in [1.54, 1.807) is 0 Å². The lowest BCUT2D eigenvalue weighted by Crippen LogP contribution is -2.44. The van der Waals surface area contributed by atoms with Crippen molar-refractivity contribution in [3.63, 3.8) is 0 Å². The Labute approximate surface area is 218 Å². The fourth-order valence-electron chi connectivity index (χ4n) is 5.91. The number of carboxylic acids is 1. The van der Waals surface area contributed by atoms with E-state index >= 15 is 0 Å². The summed E-state index contributed by atoms with van der Waals surface area (Å²) in [7, 11) is 0. The third kappa shape index (κ3) is 6.42. The average Bonchev–Trinajstić information content (AvgIpc) is 2.92. The first kappa shape index (κ1) is 25.5. The van der Waals surface area contributed by atoms with E-state index in [2.05, 4.69) is 27.7 Å². The largest absolute Gasteiger partial charge is 0.493 e. The number of likely N-dealkylation sites (tertiary alicyclic amines) is 1. The molecule has 37 heavy (non-hydrogen) atoms. The molecule has 0 spiro atoms. The van der Waals surface area contributed by atoms with Crippen LogP contribution in [-0.2, 0) is 28.9 Å². The van der Waals surface area contributed by atoms with Gasteiger partial charge in [-0.25, -0.2) is 4.98 Å². The lowest BCUT2D eigenvalue weighted by atomic mass is 9.91. The van der Waals surface area contributed by atoms with Gasteiger partial charge in [-0.1, -0.05) is 18.2 Å². The number of hydrogen-bond donors (Lipinski definition) is 3. The number of carbonyl (C=O) groups excluding carboxylic acids is 1. The van der Waals surface area contributed by atoms with E-state index in [4.69, 9.17) is 9.72 Å². The molecule has 3 aliphatic heterocycles. The molecule has 3 N–H and O–H groups in total. The number of aromatic nitrogens is 1. The van der Waals surface area contributed by atoms with Crippen LogP contribution >= 0.6 is 0 Å².